The Labute approximate surface area is 111 Å². The molecule has 1 aliphatic rings. The number of aryl methyl sites for hydroxylation is 1. The Morgan fingerprint density at radius 2 is 2.42 bits per heavy atom. The fourth-order valence-corrected chi connectivity index (χ4v) is 2.29. The van der Waals surface area contributed by atoms with Gasteiger partial charge in [-0.25, -0.2) is 0 Å². The predicted molar refractivity (Wildman–Crippen MR) is 68.6 cm³/mol. The number of hydrogen-bond donors (Lipinski definition) is 2. The van der Waals surface area contributed by atoms with Crippen molar-refractivity contribution in [3.8, 4) is 0 Å². The minimum Gasteiger partial charge on any atom is -0.390 e. The van der Waals surface area contributed by atoms with E-state index in [0.717, 1.165) is 0 Å². The van der Waals surface area contributed by atoms with Gasteiger partial charge < -0.3 is 14.5 Å². The first-order valence-corrected chi connectivity index (χ1v) is 6.56. The zero-order valence-electron chi connectivity index (χ0n) is 11.3. The molecule has 1 fully saturated rings. The number of nitrogens with one attached hydrogen (secondary N) is 1. The van der Waals surface area contributed by atoms with E-state index in [4.69, 9.17) is 4.52 Å². The summed E-state index contributed by atoms with van der Waals surface area (Å²) in [7, 11) is 0. The summed E-state index contributed by atoms with van der Waals surface area (Å²) in [6.45, 7) is 4.91. The molecule has 106 valence electrons. The molecule has 1 amide bonds. The highest BCUT2D eigenvalue weighted by molar-refractivity contribution is 5.76. The van der Waals surface area contributed by atoms with Crippen LogP contribution in [0.4, 0.5) is 0 Å². The highest BCUT2D eigenvalue weighted by atomic mass is 16.5. The van der Waals surface area contributed by atoms with Crippen molar-refractivity contribution in [2.45, 2.75) is 38.7 Å². The summed E-state index contributed by atoms with van der Waals surface area (Å²) in [5, 5.41) is 12.3. The number of piperidine rings is 1. The third-order valence-corrected chi connectivity index (χ3v) is 3.96. The van der Waals surface area contributed by atoms with Crippen LogP contribution in [-0.4, -0.2) is 39.8 Å². The molecule has 0 bridgehead atoms. The van der Waals surface area contributed by atoms with Crippen LogP contribution in [0.15, 0.2) is 15.4 Å². The van der Waals surface area contributed by atoms with Gasteiger partial charge >= 0.3 is 0 Å². The maximum Gasteiger partial charge on any atom is 0.280 e. The van der Waals surface area contributed by atoms with E-state index < -0.39 is 5.60 Å². The number of aromatic nitrogens is 1. The van der Waals surface area contributed by atoms with E-state index >= 15 is 0 Å². The van der Waals surface area contributed by atoms with Crippen LogP contribution in [0.25, 0.3) is 0 Å². The molecule has 6 heteroatoms. The number of carbonyl (C=O) groups excluding carboxylic acids is 1. The van der Waals surface area contributed by atoms with Crippen LogP contribution in [-0.2, 0) is 11.2 Å². The Kier molecular flexibility index (Phi) is 3.80. The molecule has 0 aromatic carbocycles. The van der Waals surface area contributed by atoms with Crippen molar-refractivity contribution in [1.82, 2.24) is 10.1 Å². The van der Waals surface area contributed by atoms with Gasteiger partial charge in [-0.2, -0.15) is 5.16 Å². The minimum absolute atomic E-state index is 0.0335. The van der Waals surface area contributed by atoms with Gasteiger partial charge in [0.15, 0.2) is 0 Å². The summed E-state index contributed by atoms with van der Waals surface area (Å²) in [6, 6.07) is 1.36. The second-order valence-electron chi connectivity index (χ2n) is 5.53. The van der Waals surface area contributed by atoms with Gasteiger partial charge in [-0.15, -0.1) is 0 Å². The Balaban J connectivity index is 1.86. The van der Waals surface area contributed by atoms with Crippen molar-refractivity contribution in [3.05, 3.63) is 22.2 Å². The quantitative estimate of drug-likeness (QED) is 0.836. The summed E-state index contributed by atoms with van der Waals surface area (Å²) in [5.41, 5.74) is -0.977. The summed E-state index contributed by atoms with van der Waals surface area (Å²) in [4.78, 5) is 24.7. The largest absolute Gasteiger partial charge is 0.390 e. The van der Waals surface area contributed by atoms with Crippen molar-refractivity contribution in [2.75, 3.05) is 13.1 Å². The molecular formula is C13H20N2O4. The average Bonchev–Trinajstić information content (AvgIpc) is 2.76. The minimum atomic E-state index is -0.690. The number of H-pyrrole nitrogens is 1. The van der Waals surface area contributed by atoms with Crippen LogP contribution in [0.1, 0.15) is 32.4 Å². The summed E-state index contributed by atoms with van der Waals surface area (Å²) in [6.07, 6.45) is 1.33. The van der Waals surface area contributed by atoms with Crippen molar-refractivity contribution in [2.24, 2.45) is 5.92 Å². The van der Waals surface area contributed by atoms with Gasteiger partial charge in [0.25, 0.3) is 5.56 Å². The molecule has 1 aliphatic heterocycles. The number of hydrogen-bond acceptors (Lipinski definition) is 4. The molecule has 0 spiro atoms. The topological polar surface area (TPSA) is 86.5 Å². The number of aromatic amines is 1. The van der Waals surface area contributed by atoms with Gasteiger partial charge in [0.2, 0.25) is 5.91 Å². The third-order valence-electron chi connectivity index (χ3n) is 3.96. The fraction of sp³-hybridized carbons (Fsp3) is 0.692. The molecule has 0 aliphatic carbocycles. The third kappa shape index (κ3) is 3.26. The van der Waals surface area contributed by atoms with Crippen molar-refractivity contribution < 1.29 is 14.4 Å². The Bertz CT molecular complexity index is 503. The monoisotopic (exact) mass is 268 g/mol. The Hall–Kier alpha value is -1.56. The second-order valence-corrected chi connectivity index (χ2v) is 5.53. The Morgan fingerprint density at radius 1 is 1.68 bits per heavy atom. The van der Waals surface area contributed by atoms with E-state index in [1.807, 2.05) is 13.8 Å². The van der Waals surface area contributed by atoms with E-state index in [9.17, 15) is 14.7 Å². The van der Waals surface area contributed by atoms with E-state index in [1.165, 1.54) is 6.07 Å². The van der Waals surface area contributed by atoms with E-state index in [-0.39, 0.29) is 17.4 Å². The molecule has 2 rings (SSSR count). The molecule has 19 heavy (non-hydrogen) atoms. The summed E-state index contributed by atoms with van der Waals surface area (Å²) >= 11 is 0. The lowest BCUT2D eigenvalue weighted by atomic mass is 9.84. The van der Waals surface area contributed by atoms with Gasteiger partial charge in [0.05, 0.1) is 5.60 Å². The zero-order valence-corrected chi connectivity index (χ0v) is 11.3. The molecule has 0 saturated carbocycles. The maximum atomic E-state index is 12.0. The number of carbonyl (C=O) groups is 1. The van der Waals surface area contributed by atoms with E-state index in [1.54, 1.807) is 4.90 Å². The van der Waals surface area contributed by atoms with Gasteiger partial charge in [0.1, 0.15) is 5.76 Å². The highest BCUT2D eigenvalue weighted by Crippen LogP contribution is 2.27. The lowest BCUT2D eigenvalue weighted by molar-refractivity contribution is -0.138. The molecule has 1 saturated heterocycles. The zero-order chi connectivity index (χ0) is 14.0. The molecule has 2 heterocycles. The number of likely N-dealkylation sites (tertiary alicyclic amines) is 1. The molecular weight excluding hydrogens is 248 g/mol. The van der Waals surface area contributed by atoms with Crippen LogP contribution in [0.3, 0.4) is 0 Å². The Morgan fingerprint density at radius 3 is 3.00 bits per heavy atom. The number of nitrogens with zero attached hydrogens (tertiary/aromatic N) is 1. The molecule has 0 unspecified atom stereocenters. The predicted octanol–water partition coefficient (Wildman–Crippen LogP) is 0.520. The van der Waals surface area contributed by atoms with Crippen molar-refractivity contribution in [3.63, 3.8) is 0 Å². The van der Waals surface area contributed by atoms with E-state index in [0.29, 0.717) is 38.1 Å². The first-order valence-electron chi connectivity index (χ1n) is 6.56. The molecule has 6 nitrogen and oxygen atoms in total. The number of rotatable bonds is 3. The fourth-order valence-electron chi connectivity index (χ4n) is 2.29. The number of amides is 1. The number of aliphatic hydroxyl groups is 1. The molecule has 1 aromatic rings. The van der Waals surface area contributed by atoms with Crippen LogP contribution in [0, 0.1) is 5.92 Å². The highest BCUT2D eigenvalue weighted by Gasteiger charge is 2.35. The van der Waals surface area contributed by atoms with Crippen LogP contribution >= 0.6 is 0 Å². The van der Waals surface area contributed by atoms with Crippen LogP contribution < -0.4 is 5.56 Å². The lowest BCUT2D eigenvalue weighted by Gasteiger charge is -2.41. The van der Waals surface area contributed by atoms with Crippen LogP contribution in [0.2, 0.25) is 0 Å². The van der Waals surface area contributed by atoms with Gasteiger partial charge in [-0.1, -0.05) is 6.92 Å². The SMILES string of the molecule is C[C@H]1CN(C(=O)CCc2cc(=O)[nH]o2)CC[C@@]1(C)O. The normalized spacial score (nSPS) is 27.5. The lowest BCUT2D eigenvalue weighted by Crippen LogP contribution is -2.50. The summed E-state index contributed by atoms with van der Waals surface area (Å²) < 4.78 is 4.91. The average molecular weight is 268 g/mol. The van der Waals surface area contributed by atoms with Crippen molar-refractivity contribution in [1.29, 1.82) is 0 Å². The standard InChI is InChI=1S/C13H20N2O4/c1-9-8-15(6-5-13(9,2)18)12(17)4-3-10-7-11(16)14-19-10/h7,9,18H,3-6,8H2,1-2H3,(H,14,16)/t9-,13+/m0/s1. The first-order chi connectivity index (χ1) is 8.88. The summed E-state index contributed by atoms with van der Waals surface area (Å²) in [5.74, 6) is 0.594. The van der Waals surface area contributed by atoms with Gasteiger partial charge in [-0.05, 0) is 13.3 Å². The maximum absolute atomic E-state index is 12.0. The van der Waals surface area contributed by atoms with Gasteiger partial charge in [-0.3, -0.25) is 9.59 Å². The molecule has 1 aromatic heterocycles. The molecule has 2 N–H and O–H groups in total. The molecule has 0 radical (unpaired) electrons. The van der Waals surface area contributed by atoms with Gasteiger partial charge in [0, 0.05) is 37.9 Å². The van der Waals surface area contributed by atoms with E-state index in [2.05, 4.69) is 5.16 Å². The van der Waals surface area contributed by atoms with Crippen LogP contribution in [0.5, 0.6) is 0 Å². The first kappa shape index (κ1) is 13.9. The smallest absolute Gasteiger partial charge is 0.280 e. The molecule has 2 atom stereocenters. The second kappa shape index (κ2) is 5.21. The van der Waals surface area contributed by atoms with Crippen molar-refractivity contribution >= 4 is 5.91 Å².